The lowest BCUT2D eigenvalue weighted by Gasteiger charge is -2.37. The van der Waals surface area contributed by atoms with Crippen LogP contribution in [0.25, 0.3) is 0 Å². The van der Waals surface area contributed by atoms with E-state index in [0.29, 0.717) is 5.92 Å². The number of hydrogen-bond acceptors (Lipinski definition) is 1. The lowest BCUT2D eigenvalue weighted by Crippen LogP contribution is -2.39. The fourth-order valence-electron chi connectivity index (χ4n) is 1.92. The summed E-state index contributed by atoms with van der Waals surface area (Å²) in [5.74, 6) is 0.483. The van der Waals surface area contributed by atoms with Crippen LogP contribution in [0.2, 0.25) is 18.1 Å². The zero-order valence-electron chi connectivity index (χ0n) is 11.4. The molecule has 1 aromatic rings. The van der Waals surface area contributed by atoms with E-state index in [4.69, 9.17) is 0 Å². The molecule has 1 nitrogen and oxygen atoms in total. The minimum absolute atomic E-state index is 0.0412. The van der Waals surface area contributed by atoms with Gasteiger partial charge in [0.1, 0.15) is 0 Å². The van der Waals surface area contributed by atoms with Crippen molar-refractivity contribution < 1.29 is 4.80 Å². The van der Waals surface area contributed by atoms with E-state index in [1.807, 2.05) is 13.1 Å². The standard InChI is InChI=1S/C14H23BrOSi/c1-11(10-14(2,3)17(4,5)16)12-6-8-13(15)9-7-12/h6-9,11,16H,10H2,1-5H3. The minimum Gasteiger partial charge on any atom is -0.432 e. The summed E-state index contributed by atoms with van der Waals surface area (Å²) in [6.07, 6.45) is 1.03. The molecule has 3 heteroatoms. The van der Waals surface area contributed by atoms with Gasteiger partial charge in [-0.1, -0.05) is 48.8 Å². The Morgan fingerprint density at radius 3 is 2.12 bits per heavy atom. The molecule has 96 valence electrons. The smallest absolute Gasteiger partial charge is 0.188 e. The highest BCUT2D eigenvalue weighted by Gasteiger charge is 2.38. The molecule has 1 aromatic carbocycles. The summed E-state index contributed by atoms with van der Waals surface area (Å²) >= 11 is 3.45. The Morgan fingerprint density at radius 2 is 1.71 bits per heavy atom. The van der Waals surface area contributed by atoms with Crippen LogP contribution < -0.4 is 0 Å². The Bertz CT molecular complexity index is 365. The Labute approximate surface area is 115 Å². The van der Waals surface area contributed by atoms with Gasteiger partial charge < -0.3 is 4.80 Å². The Morgan fingerprint density at radius 1 is 1.24 bits per heavy atom. The van der Waals surface area contributed by atoms with E-state index < -0.39 is 8.32 Å². The molecule has 0 radical (unpaired) electrons. The zero-order chi connectivity index (χ0) is 13.3. The summed E-state index contributed by atoms with van der Waals surface area (Å²) in [4.78, 5) is 10.3. The van der Waals surface area contributed by atoms with E-state index in [1.54, 1.807) is 0 Å². The van der Waals surface area contributed by atoms with Crippen LogP contribution in [0.5, 0.6) is 0 Å². The van der Waals surface area contributed by atoms with E-state index in [-0.39, 0.29) is 5.04 Å². The maximum absolute atomic E-state index is 10.3. The Balaban J connectivity index is 2.79. The molecule has 17 heavy (non-hydrogen) atoms. The molecule has 0 aliphatic rings. The lowest BCUT2D eigenvalue weighted by atomic mass is 9.91. The maximum Gasteiger partial charge on any atom is 0.188 e. The van der Waals surface area contributed by atoms with Crippen molar-refractivity contribution in [1.29, 1.82) is 0 Å². The first kappa shape index (κ1) is 14.9. The molecule has 0 saturated carbocycles. The molecule has 0 aliphatic heterocycles. The van der Waals surface area contributed by atoms with E-state index >= 15 is 0 Å². The van der Waals surface area contributed by atoms with Gasteiger partial charge in [-0.25, -0.2) is 0 Å². The molecule has 0 aromatic heterocycles. The van der Waals surface area contributed by atoms with Crippen molar-refractivity contribution in [3.8, 4) is 0 Å². The Kier molecular flexibility index (Phi) is 4.61. The molecule has 1 rings (SSSR count). The first-order valence-corrected chi connectivity index (χ1v) is 9.85. The second-order valence-electron chi connectivity index (χ2n) is 6.10. The number of halogens is 1. The van der Waals surface area contributed by atoms with Crippen molar-refractivity contribution >= 4 is 24.2 Å². The topological polar surface area (TPSA) is 20.2 Å². The summed E-state index contributed by atoms with van der Waals surface area (Å²) < 4.78 is 1.12. The number of rotatable bonds is 4. The molecular formula is C14H23BrOSi. The molecule has 0 aliphatic carbocycles. The van der Waals surface area contributed by atoms with Gasteiger partial charge in [0, 0.05) is 4.47 Å². The summed E-state index contributed by atoms with van der Waals surface area (Å²) in [6.45, 7) is 10.7. The molecule has 0 amide bonds. The second-order valence-corrected chi connectivity index (χ2v) is 11.5. The van der Waals surface area contributed by atoms with Crippen LogP contribution in [0.4, 0.5) is 0 Å². The molecule has 1 unspecified atom stereocenters. The fraction of sp³-hybridized carbons (Fsp3) is 0.571. The molecule has 0 spiro atoms. The van der Waals surface area contributed by atoms with Gasteiger partial charge in [-0.2, -0.15) is 0 Å². The number of hydrogen-bond donors (Lipinski definition) is 1. The monoisotopic (exact) mass is 314 g/mol. The minimum atomic E-state index is -2.10. The van der Waals surface area contributed by atoms with E-state index in [1.165, 1.54) is 5.56 Å². The second kappa shape index (κ2) is 5.25. The van der Waals surface area contributed by atoms with Gasteiger partial charge in [-0.05, 0) is 48.2 Å². The van der Waals surface area contributed by atoms with Gasteiger partial charge in [0.2, 0.25) is 0 Å². The highest BCUT2D eigenvalue weighted by molar-refractivity contribution is 9.10. The van der Waals surface area contributed by atoms with Gasteiger partial charge >= 0.3 is 0 Å². The zero-order valence-corrected chi connectivity index (χ0v) is 14.0. The average molecular weight is 315 g/mol. The third kappa shape index (κ3) is 3.93. The molecule has 1 atom stereocenters. The van der Waals surface area contributed by atoms with Crippen LogP contribution in [-0.2, 0) is 0 Å². The van der Waals surface area contributed by atoms with Crippen LogP contribution in [-0.4, -0.2) is 13.1 Å². The summed E-state index contributed by atoms with van der Waals surface area (Å²) in [5.41, 5.74) is 1.35. The fourth-order valence-corrected chi connectivity index (χ4v) is 2.99. The normalized spacial score (nSPS) is 14.8. The van der Waals surface area contributed by atoms with Crippen LogP contribution in [0.1, 0.15) is 38.7 Å². The van der Waals surface area contributed by atoms with Crippen LogP contribution in [0.15, 0.2) is 28.7 Å². The SMILES string of the molecule is CC(CC(C)(C)[Si](C)(C)O)c1ccc(Br)cc1. The van der Waals surface area contributed by atoms with Crippen LogP contribution in [0.3, 0.4) is 0 Å². The van der Waals surface area contributed by atoms with Gasteiger partial charge in [0.25, 0.3) is 0 Å². The predicted octanol–water partition coefficient (Wildman–Crippen LogP) is 4.92. The van der Waals surface area contributed by atoms with E-state index in [0.717, 1.165) is 10.9 Å². The van der Waals surface area contributed by atoms with Crippen molar-refractivity contribution in [3.63, 3.8) is 0 Å². The third-order valence-electron chi connectivity index (χ3n) is 3.91. The van der Waals surface area contributed by atoms with E-state index in [9.17, 15) is 4.80 Å². The first-order valence-electron chi connectivity index (χ1n) is 6.11. The summed E-state index contributed by atoms with van der Waals surface area (Å²) in [7, 11) is -2.10. The highest BCUT2D eigenvalue weighted by Crippen LogP contribution is 2.43. The van der Waals surface area contributed by atoms with E-state index in [2.05, 4.69) is 61.0 Å². The largest absolute Gasteiger partial charge is 0.432 e. The van der Waals surface area contributed by atoms with Gasteiger partial charge in [0.15, 0.2) is 8.32 Å². The molecule has 0 saturated heterocycles. The van der Waals surface area contributed by atoms with Crippen molar-refractivity contribution in [2.45, 2.75) is 51.2 Å². The van der Waals surface area contributed by atoms with Crippen molar-refractivity contribution in [1.82, 2.24) is 0 Å². The van der Waals surface area contributed by atoms with Crippen molar-refractivity contribution in [3.05, 3.63) is 34.3 Å². The van der Waals surface area contributed by atoms with Crippen LogP contribution in [0, 0.1) is 0 Å². The molecule has 1 N–H and O–H groups in total. The van der Waals surface area contributed by atoms with Crippen LogP contribution >= 0.6 is 15.9 Å². The quantitative estimate of drug-likeness (QED) is 0.782. The van der Waals surface area contributed by atoms with Gasteiger partial charge in [-0.3, -0.25) is 0 Å². The molecule has 0 heterocycles. The molecule has 0 fully saturated rings. The molecular weight excluding hydrogens is 292 g/mol. The predicted molar refractivity (Wildman–Crippen MR) is 80.9 cm³/mol. The van der Waals surface area contributed by atoms with Gasteiger partial charge in [0.05, 0.1) is 0 Å². The highest BCUT2D eigenvalue weighted by atomic mass is 79.9. The Hall–Kier alpha value is -0.123. The first-order chi connectivity index (χ1) is 7.63. The lowest BCUT2D eigenvalue weighted by molar-refractivity contribution is 0.430. The van der Waals surface area contributed by atoms with Crippen molar-refractivity contribution in [2.75, 3.05) is 0 Å². The molecule has 0 bridgehead atoms. The summed E-state index contributed by atoms with van der Waals surface area (Å²) in [6, 6.07) is 8.49. The van der Waals surface area contributed by atoms with Crippen molar-refractivity contribution in [2.24, 2.45) is 0 Å². The average Bonchev–Trinajstić information content (AvgIpc) is 2.16. The van der Waals surface area contributed by atoms with Gasteiger partial charge in [-0.15, -0.1) is 0 Å². The summed E-state index contributed by atoms with van der Waals surface area (Å²) in [5, 5.41) is 0.0412. The maximum atomic E-state index is 10.3. The number of benzene rings is 1. The third-order valence-corrected chi connectivity index (χ3v) is 7.96.